The normalized spacial score (nSPS) is 30.0. The lowest BCUT2D eigenvalue weighted by molar-refractivity contribution is 0.00345. The Hall–Kier alpha value is -0.120. The first-order chi connectivity index (χ1) is 4.84. The first-order valence-electron chi connectivity index (χ1n) is 3.61. The van der Waals surface area contributed by atoms with Gasteiger partial charge in [-0.25, -0.2) is 5.32 Å². The van der Waals surface area contributed by atoms with E-state index in [9.17, 15) is 0 Å². The third kappa shape index (κ3) is 1.94. The molecule has 0 N–H and O–H groups in total. The number of morpholine rings is 1. The highest BCUT2D eigenvalue weighted by Crippen LogP contribution is 2.02. The van der Waals surface area contributed by atoms with Crippen LogP contribution in [0.1, 0.15) is 6.92 Å². The number of hydrogen-bond acceptors (Lipinski definition) is 2. The maximum absolute atomic E-state index is 5.23. The number of methoxy groups -OCH3 is 1. The van der Waals surface area contributed by atoms with E-state index in [2.05, 4.69) is 5.32 Å². The van der Waals surface area contributed by atoms with Crippen molar-refractivity contribution in [2.24, 2.45) is 0 Å². The zero-order chi connectivity index (χ0) is 7.40. The number of hydrogen-bond donors (Lipinski definition) is 0. The van der Waals surface area contributed by atoms with Crippen LogP contribution >= 0.6 is 0 Å². The maximum Gasteiger partial charge on any atom is 0.0739 e. The highest BCUT2D eigenvalue weighted by atomic mass is 16.5. The molecule has 0 aromatic rings. The van der Waals surface area contributed by atoms with Gasteiger partial charge >= 0.3 is 0 Å². The van der Waals surface area contributed by atoms with Gasteiger partial charge < -0.3 is 9.47 Å². The molecule has 1 radical (unpaired) electrons. The van der Waals surface area contributed by atoms with E-state index in [0.717, 1.165) is 19.8 Å². The zero-order valence-corrected chi connectivity index (χ0v) is 6.54. The molecule has 1 heterocycles. The average molecular weight is 144 g/mol. The fourth-order valence-corrected chi connectivity index (χ4v) is 0.981. The molecule has 0 saturated carbocycles. The van der Waals surface area contributed by atoms with Crippen LogP contribution in [-0.2, 0) is 9.47 Å². The first kappa shape index (κ1) is 7.98. The number of rotatable bonds is 2. The molecule has 10 heavy (non-hydrogen) atoms. The molecule has 3 heteroatoms. The molecule has 1 rings (SSSR count). The van der Waals surface area contributed by atoms with Gasteiger partial charge in [0.25, 0.3) is 0 Å². The number of nitrogens with zero attached hydrogens (tertiary/aromatic N) is 1. The van der Waals surface area contributed by atoms with Gasteiger partial charge in [-0.15, -0.1) is 0 Å². The second-order valence-electron chi connectivity index (χ2n) is 2.49. The van der Waals surface area contributed by atoms with E-state index in [0.29, 0.717) is 0 Å². The predicted octanol–water partition coefficient (Wildman–Crippen LogP) is 0.0245. The minimum atomic E-state index is 0.195. The standard InChI is InChI=1S/C7H14NO2/c1-6(9-2)7-5-10-4-3-8-7/h6-7H,3-5H2,1-2H3. The molecule has 1 aliphatic rings. The molecule has 2 unspecified atom stereocenters. The van der Waals surface area contributed by atoms with E-state index in [1.54, 1.807) is 7.11 Å². The maximum atomic E-state index is 5.23. The Bertz CT molecular complexity index is 91.6. The van der Waals surface area contributed by atoms with Crippen LogP contribution in [0.25, 0.3) is 0 Å². The van der Waals surface area contributed by atoms with Crippen molar-refractivity contribution in [3.63, 3.8) is 0 Å². The molecule has 1 fully saturated rings. The van der Waals surface area contributed by atoms with Crippen LogP contribution in [0.2, 0.25) is 0 Å². The van der Waals surface area contributed by atoms with Gasteiger partial charge in [0.2, 0.25) is 0 Å². The van der Waals surface area contributed by atoms with Gasteiger partial charge in [0.15, 0.2) is 0 Å². The largest absolute Gasteiger partial charge is 0.380 e. The smallest absolute Gasteiger partial charge is 0.0739 e. The highest BCUT2D eigenvalue weighted by Gasteiger charge is 2.20. The Morgan fingerprint density at radius 1 is 1.70 bits per heavy atom. The SMILES string of the molecule is COC(C)C1COCC[N]1. The molecule has 0 aliphatic carbocycles. The van der Waals surface area contributed by atoms with E-state index in [4.69, 9.17) is 9.47 Å². The molecular formula is C7H14NO2. The number of ether oxygens (including phenoxy) is 2. The van der Waals surface area contributed by atoms with E-state index in [1.165, 1.54) is 0 Å². The van der Waals surface area contributed by atoms with Crippen LogP contribution in [0.5, 0.6) is 0 Å². The molecule has 1 saturated heterocycles. The Labute approximate surface area is 61.7 Å². The van der Waals surface area contributed by atoms with Crippen molar-refractivity contribution >= 4 is 0 Å². The van der Waals surface area contributed by atoms with Crippen LogP contribution in [0.4, 0.5) is 0 Å². The van der Waals surface area contributed by atoms with Crippen LogP contribution < -0.4 is 5.32 Å². The van der Waals surface area contributed by atoms with Gasteiger partial charge in [-0.3, -0.25) is 0 Å². The highest BCUT2D eigenvalue weighted by molar-refractivity contribution is 4.75. The summed E-state index contributed by atoms with van der Waals surface area (Å²) in [6, 6.07) is 0.249. The van der Waals surface area contributed by atoms with Crippen LogP contribution in [-0.4, -0.2) is 39.0 Å². The molecule has 0 aromatic carbocycles. The Kier molecular flexibility index (Phi) is 3.12. The van der Waals surface area contributed by atoms with Crippen molar-refractivity contribution in [1.29, 1.82) is 0 Å². The molecule has 1 aliphatic heterocycles. The second kappa shape index (κ2) is 3.91. The summed E-state index contributed by atoms with van der Waals surface area (Å²) in [6.07, 6.45) is 0.195. The lowest BCUT2D eigenvalue weighted by Gasteiger charge is -2.26. The van der Waals surface area contributed by atoms with E-state index >= 15 is 0 Å². The summed E-state index contributed by atoms with van der Waals surface area (Å²) < 4.78 is 10.3. The lowest BCUT2D eigenvalue weighted by Crippen LogP contribution is -2.43. The summed E-state index contributed by atoms with van der Waals surface area (Å²) >= 11 is 0. The molecular weight excluding hydrogens is 130 g/mol. The molecule has 0 aromatic heterocycles. The minimum absolute atomic E-state index is 0.195. The van der Waals surface area contributed by atoms with E-state index < -0.39 is 0 Å². The van der Waals surface area contributed by atoms with Crippen molar-refractivity contribution < 1.29 is 9.47 Å². The lowest BCUT2D eigenvalue weighted by atomic mass is 10.2. The first-order valence-corrected chi connectivity index (χ1v) is 3.61. The predicted molar refractivity (Wildman–Crippen MR) is 38.1 cm³/mol. The molecule has 59 valence electrons. The summed E-state index contributed by atoms with van der Waals surface area (Å²) in [4.78, 5) is 0. The fourth-order valence-electron chi connectivity index (χ4n) is 0.981. The Morgan fingerprint density at radius 3 is 3.00 bits per heavy atom. The van der Waals surface area contributed by atoms with Crippen molar-refractivity contribution in [3.05, 3.63) is 0 Å². The van der Waals surface area contributed by atoms with Crippen molar-refractivity contribution in [2.45, 2.75) is 19.1 Å². The molecule has 0 spiro atoms. The Balaban J connectivity index is 2.24. The van der Waals surface area contributed by atoms with Gasteiger partial charge in [0.1, 0.15) is 0 Å². The average Bonchev–Trinajstić information content (AvgIpc) is 2.05. The summed E-state index contributed by atoms with van der Waals surface area (Å²) in [5, 5.41) is 4.35. The van der Waals surface area contributed by atoms with Crippen LogP contribution in [0.3, 0.4) is 0 Å². The summed E-state index contributed by atoms with van der Waals surface area (Å²) in [5.74, 6) is 0. The van der Waals surface area contributed by atoms with Crippen molar-refractivity contribution in [2.75, 3.05) is 26.9 Å². The summed E-state index contributed by atoms with van der Waals surface area (Å²) in [7, 11) is 1.70. The Morgan fingerprint density at radius 2 is 2.50 bits per heavy atom. The van der Waals surface area contributed by atoms with Crippen molar-refractivity contribution in [1.82, 2.24) is 5.32 Å². The summed E-state index contributed by atoms with van der Waals surface area (Å²) in [5.41, 5.74) is 0. The monoisotopic (exact) mass is 144 g/mol. The van der Waals surface area contributed by atoms with E-state index in [1.807, 2.05) is 6.92 Å². The van der Waals surface area contributed by atoms with Gasteiger partial charge in [0, 0.05) is 13.7 Å². The molecule has 0 amide bonds. The van der Waals surface area contributed by atoms with Crippen LogP contribution in [0, 0.1) is 0 Å². The van der Waals surface area contributed by atoms with Crippen LogP contribution in [0.15, 0.2) is 0 Å². The molecule has 0 bridgehead atoms. The third-order valence-electron chi connectivity index (χ3n) is 1.80. The van der Waals surface area contributed by atoms with Gasteiger partial charge in [-0.1, -0.05) is 0 Å². The van der Waals surface area contributed by atoms with Gasteiger partial charge in [-0.05, 0) is 6.92 Å². The third-order valence-corrected chi connectivity index (χ3v) is 1.80. The van der Waals surface area contributed by atoms with Gasteiger partial charge in [-0.2, -0.15) is 0 Å². The molecule has 3 nitrogen and oxygen atoms in total. The van der Waals surface area contributed by atoms with Crippen molar-refractivity contribution in [3.8, 4) is 0 Å². The quantitative estimate of drug-likeness (QED) is 0.547. The topological polar surface area (TPSA) is 32.6 Å². The summed E-state index contributed by atoms with van der Waals surface area (Å²) in [6.45, 7) is 4.32. The molecule has 2 atom stereocenters. The zero-order valence-electron chi connectivity index (χ0n) is 6.54. The second-order valence-corrected chi connectivity index (χ2v) is 2.49. The van der Waals surface area contributed by atoms with Gasteiger partial charge in [0.05, 0.1) is 25.4 Å². The van der Waals surface area contributed by atoms with E-state index in [-0.39, 0.29) is 12.1 Å². The fraction of sp³-hybridized carbons (Fsp3) is 1.00. The minimum Gasteiger partial charge on any atom is -0.380 e.